The molecule has 2 aromatic carbocycles. The standard InChI is InChI=1S/C17H18ClNO2/c1-12(2)19-16-9-8-15(18)10-14(16)11-21-17(20)13-6-4-3-5-7-13/h3-10,12,19H,11H2,1-2H3. The molecule has 21 heavy (non-hydrogen) atoms. The Balaban J connectivity index is 2.08. The van der Waals surface area contributed by atoms with Gasteiger partial charge in [0.2, 0.25) is 0 Å². The zero-order valence-corrected chi connectivity index (χ0v) is 12.9. The van der Waals surface area contributed by atoms with Gasteiger partial charge in [-0.15, -0.1) is 0 Å². The molecule has 0 aromatic heterocycles. The summed E-state index contributed by atoms with van der Waals surface area (Å²) in [4.78, 5) is 12.0. The highest BCUT2D eigenvalue weighted by Crippen LogP contribution is 2.22. The number of anilines is 1. The second-order valence-corrected chi connectivity index (χ2v) is 5.48. The molecule has 4 heteroatoms. The van der Waals surface area contributed by atoms with Crippen LogP contribution >= 0.6 is 11.6 Å². The van der Waals surface area contributed by atoms with Crippen LogP contribution in [-0.4, -0.2) is 12.0 Å². The maximum atomic E-state index is 12.0. The third-order valence-electron chi connectivity index (χ3n) is 2.88. The first-order valence-electron chi connectivity index (χ1n) is 6.83. The van der Waals surface area contributed by atoms with Gasteiger partial charge in [0.15, 0.2) is 0 Å². The van der Waals surface area contributed by atoms with Crippen LogP contribution in [0.2, 0.25) is 5.02 Å². The Morgan fingerprint density at radius 2 is 1.90 bits per heavy atom. The molecule has 0 radical (unpaired) electrons. The largest absolute Gasteiger partial charge is 0.457 e. The summed E-state index contributed by atoms with van der Waals surface area (Å²) < 4.78 is 5.35. The minimum Gasteiger partial charge on any atom is -0.457 e. The SMILES string of the molecule is CC(C)Nc1ccc(Cl)cc1COC(=O)c1ccccc1. The molecule has 0 atom stereocenters. The summed E-state index contributed by atoms with van der Waals surface area (Å²) in [5.74, 6) is -0.342. The molecule has 0 spiro atoms. The monoisotopic (exact) mass is 303 g/mol. The molecule has 2 aromatic rings. The summed E-state index contributed by atoms with van der Waals surface area (Å²) in [5.41, 5.74) is 2.33. The summed E-state index contributed by atoms with van der Waals surface area (Å²) in [6, 6.07) is 14.7. The number of nitrogens with one attached hydrogen (secondary N) is 1. The second kappa shape index (κ2) is 7.14. The zero-order chi connectivity index (χ0) is 15.2. The number of halogens is 1. The lowest BCUT2D eigenvalue weighted by molar-refractivity contribution is 0.0473. The lowest BCUT2D eigenvalue weighted by Crippen LogP contribution is -2.13. The summed E-state index contributed by atoms with van der Waals surface area (Å²) in [7, 11) is 0. The molecule has 0 bridgehead atoms. The first kappa shape index (κ1) is 15.4. The average Bonchev–Trinajstić information content (AvgIpc) is 2.47. The van der Waals surface area contributed by atoms with Crippen molar-refractivity contribution in [2.24, 2.45) is 0 Å². The molecule has 0 aliphatic heterocycles. The molecule has 0 heterocycles. The van der Waals surface area contributed by atoms with Gasteiger partial charge in [-0.2, -0.15) is 0 Å². The fraction of sp³-hybridized carbons (Fsp3) is 0.235. The maximum absolute atomic E-state index is 12.0. The molecule has 0 saturated heterocycles. The minimum absolute atomic E-state index is 0.184. The fourth-order valence-electron chi connectivity index (χ4n) is 1.93. The number of carbonyl (C=O) groups is 1. The van der Waals surface area contributed by atoms with E-state index in [1.54, 1.807) is 12.1 Å². The predicted octanol–water partition coefficient (Wildman–Crippen LogP) is 4.52. The Kier molecular flexibility index (Phi) is 5.23. The molecule has 1 N–H and O–H groups in total. The molecule has 0 fully saturated rings. The first-order chi connectivity index (χ1) is 10.1. The van der Waals surface area contributed by atoms with E-state index >= 15 is 0 Å². The third-order valence-corrected chi connectivity index (χ3v) is 3.11. The van der Waals surface area contributed by atoms with Crippen molar-refractivity contribution in [3.05, 3.63) is 64.7 Å². The minimum atomic E-state index is -0.342. The van der Waals surface area contributed by atoms with Crippen molar-refractivity contribution in [1.82, 2.24) is 0 Å². The van der Waals surface area contributed by atoms with Crippen LogP contribution in [0.5, 0.6) is 0 Å². The van der Waals surface area contributed by atoms with E-state index in [9.17, 15) is 4.79 Å². The van der Waals surface area contributed by atoms with Crippen molar-refractivity contribution in [1.29, 1.82) is 0 Å². The van der Waals surface area contributed by atoms with Crippen molar-refractivity contribution in [2.45, 2.75) is 26.5 Å². The lowest BCUT2D eigenvalue weighted by atomic mass is 10.1. The molecular weight excluding hydrogens is 286 g/mol. The summed E-state index contributed by atoms with van der Waals surface area (Å²) in [6.07, 6.45) is 0. The topological polar surface area (TPSA) is 38.3 Å². The lowest BCUT2D eigenvalue weighted by Gasteiger charge is -2.15. The second-order valence-electron chi connectivity index (χ2n) is 5.04. The van der Waals surface area contributed by atoms with Crippen LogP contribution in [-0.2, 0) is 11.3 Å². The Morgan fingerprint density at radius 1 is 1.19 bits per heavy atom. The van der Waals surface area contributed by atoms with Gasteiger partial charge in [-0.3, -0.25) is 0 Å². The number of carbonyl (C=O) groups excluding carboxylic acids is 1. The van der Waals surface area contributed by atoms with E-state index in [2.05, 4.69) is 5.32 Å². The van der Waals surface area contributed by atoms with Crippen LogP contribution < -0.4 is 5.32 Å². The van der Waals surface area contributed by atoms with Gasteiger partial charge >= 0.3 is 5.97 Å². The molecule has 0 amide bonds. The smallest absolute Gasteiger partial charge is 0.338 e. The Labute approximate surface area is 129 Å². The van der Waals surface area contributed by atoms with E-state index in [4.69, 9.17) is 16.3 Å². The van der Waals surface area contributed by atoms with Gasteiger partial charge in [0.05, 0.1) is 5.56 Å². The van der Waals surface area contributed by atoms with E-state index in [-0.39, 0.29) is 18.6 Å². The van der Waals surface area contributed by atoms with Gasteiger partial charge < -0.3 is 10.1 Å². The molecule has 0 saturated carbocycles. The fourth-order valence-corrected chi connectivity index (χ4v) is 2.13. The van der Waals surface area contributed by atoms with Crippen LogP contribution in [0.15, 0.2) is 48.5 Å². The number of rotatable bonds is 5. The van der Waals surface area contributed by atoms with Gasteiger partial charge in [-0.05, 0) is 44.2 Å². The molecule has 110 valence electrons. The van der Waals surface area contributed by atoms with Crippen LogP contribution in [0.3, 0.4) is 0 Å². The van der Waals surface area contributed by atoms with Gasteiger partial charge in [-0.25, -0.2) is 4.79 Å². The molecule has 3 nitrogen and oxygen atoms in total. The van der Waals surface area contributed by atoms with Gasteiger partial charge in [-0.1, -0.05) is 29.8 Å². The quantitative estimate of drug-likeness (QED) is 0.825. The third kappa shape index (κ3) is 4.50. The van der Waals surface area contributed by atoms with Gasteiger partial charge in [0.25, 0.3) is 0 Å². The average molecular weight is 304 g/mol. The van der Waals surface area contributed by atoms with Gasteiger partial charge in [0.1, 0.15) is 6.61 Å². The van der Waals surface area contributed by atoms with Crippen molar-refractivity contribution in [3.63, 3.8) is 0 Å². The van der Waals surface area contributed by atoms with Crippen molar-refractivity contribution in [2.75, 3.05) is 5.32 Å². The molecular formula is C17H18ClNO2. The molecule has 0 unspecified atom stereocenters. The highest BCUT2D eigenvalue weighted by atomic mass is 35.5. The van der Waals surface area contributed by atoms with Crippen LogP contribution in [0.1, 0.15) is 29.8 Å². The maximum Gasteiger partial charge on any atom is 0.338 e. The normalized spacial score (nSPS) is 10.5. The Hall–Kier alpha value is -2.00. The Morgan fingerprint density at radius 3 is 2.57 bits per heavy atom. The van der Waals surface area contributed by atoms with Crippen LogP contribution in [0, 0.1) is 0 Å². The van der Waals surface area contributed by atoms with Crippen molar-refractivity contribution in [3.8, 4) is 0 Å². The van der Waals surface area contributed by atoms with E-state index in [0.717, 1.165) is 11.3 Å². The van der Waals surface area contributed by atoms with Crippen molar-refractivity contribution < 1.29 is 9.53 Å². The highest BCUT2D eigenvalue weighted by molar-refractivity contribution is 6.30. The zero-order valence-electron chi connectivity index (χ0n) is 12.1. The van der Waals surface area contributed by atoms with Crippen molar-refractivity contribution >= 4 is 23.3 Å². The Bertz CT molecular complexity index is 611. The highest BCUT2D eigenvalue weighted by Gasteiger charge is 2.10. The molecule has 0 aliphatic rings. The van der Waals surface area contributed by atoms with E-state index in [0.29, 0.717) is 10.6 Å². The molecule has 2 rings (SSSR count). The summed E-state index contributed by atoms with van der Waals surface area (Å²) in [5, 5.41) is 3.93. The first-order valence-corrected chi connectivity index (χ1v) is 7.21. The van der Waals surface area contributed by atoms with E-state index in [1.165, 1.54) is 0 Å². The number of hydrogen-bond acceptors (Lipinski definition) is 3. The van der Waals surface area contributed by atoms with Crippen LogP contribution in [0.25, 0.3) is 0 Å². The van der Waals surface area contributed by atoms with E-state index < -0.39 is 0 Å². The number of ether oxygens (including phenoxy) is 1. The number of hydrogen-bond donors (Lipinski definition) is 1. The van der Waals surface area contributed by atoms with Crippen LogP contribution in [0.4, 0.5) is 5.69 Å². The number of esters is 1. The predicted molar refractivity (Wildman–Crippen MR) is 85.8 cm³/mol. The number of benzene rings is 2. The van der Waals surface area contributed by atoms with Gasteiger partial charge in [0, 0.05) is 22.3 Å². The summed E-state index contributed by atoms with van der Waals surface area (Å²) in [6.45, 7) is 4.28. The molecule has 0 aliphatic carbocycles. The van der Waals surface area contributed by atoms with E-state index in [1.807, 2.05) is 50.2 Å². The summed E-state index contributed by atoms with van der Waals surface area (Å²) >= 11 is 6.02.